The topological polar surface area (TPSA) is 92.8 Å². The van der Waals surface area contributed by atoms with Crippen molar-refractivity contribution >= 4 is 27.6 Å². The maximum absolute atomic E-state index is 12.6. The maximum Gasteiger partial charge on any atom is 0.338 e. The number of nitrogens with one attached hydrogen (secondary N) is 1. The summed E-state index contributed by atoms with van der Waals surface area (Å²) in [7, 11) is -2.26. The highest BCUT2D eigenvalue weighted by atomic mass is 32.2. The predicted octanol–water partition coefficient (Wildman–Crippen LogP) is 3.21. The number of hydrogen-bond acceptors (Lipinski definition) is 5. The van der Waals surface area contributed by atoms with Crippen LogP contribution in [0.2, 0.25) is 0 Å². The summed E-state index contributed by atoms with van der Waals surface area (Å²) in [5.74, 6) is -1.26. The van der Waals surface area contributed by atoms with Crippen molar-refractivity contribution in [3.8, 4) is 0 Å². The number of aryl methyl sites for hydroxylation is 1. The molecule has 2 aromatic carbocycles. The number of rotatable bonds is 7. The molecule has 1 atom stereocenters. The van der Waals surface area contributed by atoms with Gasteiger partial charge in [-0.2, -0.15) is 4.31 Å². The van der Waals surface area contributed by atoms with Gasteiger partial charge in [0.05, 0.1) is 10.5 Å². The third-order valence-corrected chi connectivity index (χ3v) is 6.48. The summed E-state index contributed by atoms with van der Waals surface area (Å²) in [4.78, 5) is 24.7. The molecule has 0 radical (unpaired) electrons. The summed E-state index contributed by atoms with van der Waals surface area (Å²) >= 11 is 0. The number of anilines is 1. The molecule has 156 valence electrons. The van der Waals surface area contributed by atoms with Gasteiger partial charge in [-0.25, -0.2) is 13.2 Å². The Morgan fingerprint density at radius 1 is 1.03 bits per heavy atom. The molecule has 0 heterocycles. The van der Waals surface area contributed by atoms with Gasteiger partial charge in [-0.1, -0.05) is 23.8 Å². The van der Waals surface area contributed by atoms with Crippen LogP contribution in [-0.4, -0.2) is 43.8 Å². The van der Waals surface area contributed by atoms with Crippen LogP contribution in [0.3, 0.4) is 0 Å². The zero-order chi connectivity index (χ0) is 21.8. The fourth-order valence-electron chi connectivity index (χ4n) is 2.39. The van der Waals surface area contributed by atoms with Gasteiger partial charge >= 0.3 is 5.97 Å². The minimum atomic E-state index is -3.74. The van der Waals surface area contributed by atoms with Crippen molar-refractivity contribution in [2.45, 2.75) is 44.7 Å². The summed E-state index contributed by atoms with van der Waals surface area (Å²) in [5.41, 5.74) is 1.70. The number of carbonyl (C=O) groups is 2. The zero-order valence-corrected chi connectivity index (χ0v) is 18.0. The molecular formula is C21H26N2O5S. The van der Waals surface area contributed by atoms with E-state index in [2.05, 4.69) is 5.32 Å². The number of esters is 1. The molecule has 0 aromatic heterocycles. The molecule has 0 unspecified atom stereocenters. The fourth-order valence-corrected chi connectivity index (χ4v) is 3.80. The molecule has 0 aliphatic carbocycles. The second-order valence-electron chi connectivity index (χ2n) is 7.05. The van der Waals surface area contributed by atoms with Crippen molar-refractivity contribution in [3.05, 3.63) is 59.7 Å². The van der Waals surface area contributed by atoms with Crippen LogP contribution in [0.4, 0.5) is 5.69 Å². The highest BCUT2D eigenvalue weighted by Gasteiger charge is 2.25. The standard InChI is InChI=1S/C21H26N2O5S/c1-14(2)23(5)29(26,27)19-8-6-7-17(13-19)21(25)28-16(4)20(24)22-18-11-9-15(3)10-12-18/h6-14,16H,1-5H3,(H,22,24)/t16-/m1/s1. The van der Waals surface area contributed by atoms with Crippen LogP contribution < -0.4 is 5.32 Å². The van der Waals surface area contributed by atoms with Gasteiger partial charge in [0.25, 0.3) is 5.91 Å². The summed E-state index contributed by atoms with van der Waals surface area (Å²) in [5, 5.41) is 2.67. The average molecular weight is 419 g/mol. The van der Waals surface area contributed by atoms with E-state index in [0.29, 0.717) is 5.69 Å². The van der Waals surface area contributed by atoms with E-state index in [4.69, 9.17) is 4.74 Å². The molecule has 0 aliphatic rings. The third-order valence-electron chi connectivity index (χ3n) is 4.45. The molecule has 8 heteroatoms. The Hall–Kier alpha value is -2.71. The molecule has 1 amide bonds. The second kappa shape index (κ2) is 9.19. The van der Waals surface area contributed by atoms with Crippen molar-refractivity contribution < 1.29 is 22.7 Å². The predicted molar refractivity (Wildman–Crippen MR) is 111 cm³/mol. The molecule has 0 saturated heterocycles. The minimum Gasteiger partial charge on any atom is -0.449 e. The van der Waals surface area contributed by atoms with Crippen LogP contribution in [0.15, 0.2) is 53.4 Å². The van der Waals surface area contributed by atoms with Crippen molar-refractivity contribution in [2.24, 2.45) is 0 Å². The number of amides is 1. The number of hydrogen-bond donors (Lipinski definition) is 1. The van der Waals surface area contributed by atoms with Gasteiger partial charge < -0.3 is 10.1 Å². The van der Waals surface area contributed by atoms with Crippen molar-refractivity contribution in [1.29, 1.82) is 0 Å². The smallest absolute Gasteiger partial charge is 0.338 e. The molecule has 0 saturated carbocycles. The highest BCUT2D eigenvalue weighted by molar-refractivity contribution is 7.89. The SMILES string of the molecule is Cc1ccc(NC(=O)[C@@H](C)OC(=O)c2cccc(S(=O)(=O)N(C)C(C)C)c2)cc1. The van der Waals surface area contributed by atoms with E-state index in [9.17, 15) is 18.0 Å². The zero-order valence-electron chi connectivity index (χ0n) is 17.2. The lowest BCUT2D eigenvalue weighted by Gasteiger charge is -2.21. The third kappa shape index (κ3) is 5.65. The summed E-state index contributed by atoms with van der Waals surface area (Å²) in [6, 6.07) is 12.6. The Bertz CT molecular complexity index is 984. The van der Waals surface area contributed by atoms with E-state index in [1.54, 1.807) is 26.0 Å². The van der Waals surface area contributed by atoms with Crippen molar-refractivity contribution in [1.82, 2.24) is 4.31 Å². The van der Waals surface area contributed by atoms with Gasteiger partial charge in [-0.15, -0.1) is 0 Å². The number of ether oxygens (including phenoxy) is 1. The second-order valence-corrected chi connectivity index (χ2v) is 9.04. The Balaban J connectivity index is 2.10. The fraction of sp³-hybridized carbons (Fsp3) is 0.333. The van der Waals surface area contributed by atoms with E-state index >= 15 is 0 Å². The van der Waals surface area contributed by atoms with Gasteiger partial charge in [-0.3, -0.25) is 4.79 Å². The van der Waals surface area contributed by atoms with Gasteiger partial charge in [-0.05, 0) is 58.0 Å². The van der Waals surface area contributed by atoms with Crippen molar-refractivity contribution in [2.75, 3.05) is 12.4 Å². The molecule has 7 nitrogen and oxygen atoms in total. The number of sulfonamides is 1. The first-order chi connectivity index (χ1) is 13.5. The number of nitrogens with zero attached hydrogens (tertiary/aromatic N) is 1. The molecule has 0 fully saturated rings. The molecule has 0 bridgehead atoms. The van der Waals surface area contributed by atoms with E-state index in [1.807, 2.05) is 19.1 Å². The summed E-state index contributed by atoms with van der Waals surface area (Å²) < 4.78 is 31.7. The maximum atomic E-state index is 12.6. The first-order valence-corrected chi connectivity index (χ1v) is 10.6. The number of benzene rings is 2. The van der Waals surface area contributed by atoms with E-state index in [-0.39, 0.29) is 16.5 Å². The molecule has 29 heavy (non-hydrogen) atoms. The van der Waals surface area contributed by atoms with Crippen LogP contribution in [-0.2, 0) is 19.6 Å². The van der Waals surface area contributed by atoms with Crippen LogP contribution in [0.5, 0.6) is 0 Å². The Morgan fingerprint density at radius 3 is 2.24 bits per heavy atom. The molecule has 2 rings (SSSR count). The van der Waals surface area contributed by atoms with Crippen LogP contribution in [0.1, 0.15) is 36.7 Å². The van der Waals surface area contributed by atoms with E-state index in [1.165, 1.54) is 42.5 Å². The molecular weight excluding hydrogens is 392 g/mol. The minimum absolute atomic E-state index is 0.0140. The summed E-state index contributed by atoms with van der Waals surface area (Å²) in [6.45, 7) is 6.89. The van der Waals surface area contributed by atoms with Crippen LogP contribution in [0, 0.1) is 6.92 Å². The van der Waals surface area contributed by atoms with Crippen molar-refractivity contribution in [3.63, 3.8) is 0 Å². The normalized spacial score (nSPS) is 12.7. The largest absolute Gasteiger partial charge is 0.449 e. The quantitative estimate of drug-likeness (QED) is 0.697. The number of carbonyl (C=O) groups excluding carboxylic acids is 2. The molecule has 0 aliphatic heterocycles. The lowest BCUT2D eigenvalue weighted by atomic mass is 10.2. The first kappa shape index (κ1) is 22.6. The Morgan fingerprint density at radius 2 is 1.66 bits per heavy atom. The highest BCUT2D eigenvalue weighted by Crippen LogP contribution is 2.19. The monoisotopic (exact) mass is 418 g/mol. The van der Waals surface area contributed by atoms with Gasteiger partial charge in [0.2, 0.25) is 10.0 Å². The molecule has 0 spiro atoms. The van der Waals surface area contributed by atoms with Crippen LogP contribution >= 0.6 is 0 Å². The first-order valence-electron chi connectivity index (χ1n) is 9.19. The van der Waals surface area contributed by atoms with E-state index < -0.39 is 28.0 Å². The van der Waals surface area contributed by atoms with Gasteiger partial charge in [0, 0.05) is 18.8 Å². The van der Waals surface area contributed by atoms with Crippen LogP contribution in [0.25, 0.3) is 0 Å². The van der Waals surface area contributed by atoms with Gasteiger partial charge in [0.1, 0.15) is 0 Å². The average Bonchev–Trinajstić information content (AvgIpc) is 2.68. The lowest BCUT2D eigenvalue weighted by Crippen LogP contribution is -2.33. The Labute approximate surface area is 171 Å². The molecule has 1 N–H and O–H groups in total. The van der Waals surface area contributed by atoms with E-state index in [0.717, 1.165) is 5.56 Å². The summed E-state index contributed by atoms with van der Waals surface area (Å²) in [6.07, 6.45) is -1.05. The van der Waals surface area contributed by atoms with Gasteiger partial charge in [0.15, 0.2) is 6.10 Å². The Kier molecular flexibility index (Phi) is 7.16. The lowest BCUT2D eigenvalue weighted by molar-refractivity contribution is -0.123. The molecule has 2 aromatic rings.